The predicted octanol–water partition coefficient (Wildman–Crippen LogP) is 3.07. The monoisotopic (exact) mass is 282 g/mol. The summed E-state index contributed by atoms with van der Waals surface area (Å²) in [6, 6.07) is 4.22. The van der Waals surface area contributed by atoms with E-state index in [0.29, 0.717) is 6.54 Å². The molecule has 0 radical (unpaired) electrons. The minimum absolute atomic E-state index is 0. The highest BCUT2D eigenvalue weighted by Crippen LogP contribution is 2.22. The number of benzene rings is 1. The number of nitrogens with zero attached hydrogens (tertiary/aromatic N) is 1. The van der Waals surface area contributed by atoms with E-state index in [1.165, 1.54) is 18.4 Å². The summed E-state index contributed by atoms with van der Waals surface area (Å²) >= 11 is 0. The Kier molecular flexibility index (Phi) is 5.83. The van der Waals surface area contributed by atoms with Crippen LogP contribution in [0.2, 0.25) is 0 Å². The first-order valence-electron chi connectivity index (χ1n) is 6.66. The first-order valence-corrected chi connectivity index (χ1v) is 6.66. The summed E-state index contributed by atoms with van der Waals surface area (Å²) in [7, 11) is 0. The Morgan fingerprint density at radius 2 is 1.68 bits per heavy atom. The molecule has 3 nitrogen and oxygen atoms in total. The highest BCUT2D eigenvalue weighted by atomic mass is 35.5. The van der Waals surface area contributed by atoms with E-state index in [9.17, 15) is 4.79 Å². The molecule has 1 saturated heterocycles. The number of anilines is 1. The summed E-state index contributed by atoms with van der Waals surface area (Å²) in [6.07, 6.45) is 2.44. The van der Waals surface area contributed by atoms with E-state index in [4.69, 9.17) is 0 Å². The standard InChI is InChI=1S/C15H22N2O.ClH/c1-11-8-12(2)15(13(3)9-11)16-14(18)10-17-6-4-5-7-17;/h8-9H,4-7,10H2,1-3H3,(H,16,18);1H. The number of carbonyl (C=O) groups is 1. The lowest BCUT2D eigenvalue weighted by Gasteiger charge is -2.16. The van der Waals surface area contributed by atoms with E-state index in [1.807, 2.05) is 13.8 Å². The second kappa shape index (κ2) is 6.92. The molecule has 1 N–H and O–H groups in total. The van der Waals surface area contributed by atoms with Gasteiger partial charge in [-0.3, -0.25) is 9.69 Å². The fourth-order valence-electron chi connectivity index (χ4n) is 2.70. The minimum Gasteiger partial charge on any atom is -0.324 e. The molecule has 106 valence electrons. The van der Waals surface area contributed by atoms with Gasteiger partial charge in [-0.05, 0) is 57.8 Å². The molecule has 1 aromatic rings. The fourth-order valence-corrected chi connectivity index (χ4v) is 2.70. The van der Waals surface area contributed by atoms with Crippen molar-refractivity contribution in [2.75, 3.05) is 25.0 Å². The third-order valence-electron chi connectivity index (χ3n) is 3.51. The molecule has 0 spiro atoms. The Morgan fingerprint density at radius 3 is 2.21 bits per heavy atom. The van der Waals surface area contributed by atoms with Crippen LogP contribution in [-0.4, -0.2) is 30.4 Å². The van der Waals surface area contributed by atoms with E-state index < -0.39 is 0 Å². The van der Waals surface area contributed by atoms with Crippen LogP contribution in [0.15, 0.2) is 12.1 Å². The Balaban J connectivity index is 0.00000180. The molecular formula is C15H23ClN2O. The van der Waals surface area contributed by atoms with Gasteiger partial charge in [0, 0.05) is 5.69 Å². The van der Waals surface area contributed by atoms with E-state index in [2.05, 4.69) is 29.3 Å². The van der Waals surface area contributed by atoms with Crippen molar-refractivity contribution in [3.05, 3.63) is 28.8 Å². The molecule has 1 fully saturated rings. The molecule has 0 atom stereocenters. The number of rotatable bonds is 3. The molecule has 1 aromatic carbocycles. The molecular weight excluding hydrogens is 260 g/mol. The first kappa shape index (κ1) is 16.0. The lowest BCUT2D eigenvalue weighted by Crippen LogP contribution is -2.31. The number of hydrogen-bond donors (Lipinski definition) is 1. The maximum Gasteiger partial charge on any atom is 0.238 e. The number of hydrogen-bond acceptors (Lipinski definition) is 2. The maximum atomic E-state index is 12.0. The van der Waals surface area contributed by atoms with Gasteiger partial charge in [-0.25, -0.2) is 0 Å². The van der Waals surface area contributed by atoms with Gasteiger partial charge in [-0.15, -0.1) is 12.4 Å². The van der Waals surface area contributed by atoms with Gasteiger partial charge in [0.25, 0.3) is 0 Å². The van der Waals surface area contributed by atoms with Crippen LogP contribution in [0.1, 0.15) is 29.5 Å². The van der Waals surface area contributed by atoms with Crippen LogP contribution < -0.4 is 5.32 Å². The van der Waals surface area contributed by atoms with Crippen LogP contribution in [0.25, 0.3) is 0 Å². The summed E-state index contributed by atoms with van der Waals surface area (Å²) in [5.74, 6) is 0.104. The second-order valence-electron chi connectivity index (χ2n) is 5.31. The predicted molar refractivity (Wildman–Crippen MR) is 82.2 cm³/mol. The molecule has 0 aliphatic carbocycles. The molecule has 0 aromatic heterocycles. The number of amides is 1. The van der Waals surface area contributed by atoms with Crippen LogP contribution >= 0.6 is 12.4 Å². The third kappa shape index (κ3) is 4.22. The van der Waals surface area contributed by atoms with Crippen LogP contribution in [0.4, 0.5) is 5.69 Å². The molecule has 0 saturated carbocycles. The normalized spacial score (nSPS) is 15.1. The van der Waals surface area contributed by atoms with Gasteiger partial charge >= 0.3 is 0 Å². The highest BCUT2D eigenvalue weighted by Gasteiger charge is 2.16. The number of nitrogens with one attached hydrogen (secondary N) is 1. The van der Waals surface area contributed by atoms with Crippen molar-refractivity contribution < 1.29 is 4.79 Å². The SMILES string of the molecule is Cc1cc(C)c(NC(=O)CN2CCCC2)c(C)c1.Cl. The lowest BCUT2D eigenvalue weighted by molar-refractivity contribution is -0.117. The third-order valence-corrected chi connectivity index (χ3v) is 3.51. The van der Waals surface area contributed by atoms with Crippen molar-refractivity contribution in [3.8, 4) is 0 Å². The van der Waals surface area contributed by atoms with Crippen molar-refractivity contribution in [1.82, 2.24) is 4.90 Å². The maximum absolute atomic E-state index is 12.0. The van der Waals surface area contributed by atoms with Gasteiger partial charge in [0.15, 0.2) is 0 Å². The molecule has 19 heavy (non-hydrogen) atoms. The van der Waals surface area contributed by atoms with Crippen LogP contribution in [0, 0.1) is 20.8 Å². The Bertz CT molecular complexity index is 430. The largest absolute Gasteiger partial charge is 0.324 e. The molecule has 1 heterocycles. The average Bonchev–Trinajstić information content (AvgIpc) is 2.76. The highest BCUT2D eigenvalue weighted by molar-refractivity contribution is 5.93. The van der Waals surface area contributed by atoms with Gasteiger partial charge in [-0.2, -0.15) is 0 Å². The Morgan fingerprint density at radius 1 is 1.16 bits per heavy atom. The molecule has 4 heteroatoms. The molecule has 1 aliphatic heterocycles. The van der Waals surface area contributed by atoms with Gasteiger partial charge in [0.1, 0.15) is 0 Å². The summed E-state index contributed by atoms with van der Waals surface area (Å²) < 4.78 is 0. The van der Waals surface area contributed by atoms with Crippen molar-refractivity contribution in [1.29, 1.82) is 0 Å². The molecule has 1 aliphatic rings. The second-order valence-corrected chi connectivity index (χ2v) is 5.31. The topological polar surface area (TPSA) is 32.3 Å². The van der Waals surface area contributed by atoms with Crippen molar-refractivity contribution in [2.24, 2.45) is 0 Å². The minimum atomic E-state index is 0. The number of halogens is 1. The first-order chi connectivity index (χ1) is 8.56. The van der Waals surface area contributed by atoms with Gasteiger partial charge in [0.2, 0.25) is 5.91 Å². The van der Waals surface area contributed by atoms with Crippen molar-refractivity contribution >= 4 is 24.0 Å². The van der Waals surface area contributed by atoms with Gasteiger partial charge in [0.05, 0.1) is 6.54 Å². The van der Waals surface area contributed by atoms with Crippen molar-refractivity contribution in [2.45, 2.75) is 33.6 Å². The van der Waals surface area contributed by atoms with Gasteiger partial charge in [-0.1, -0.05) is 17.7 Å². The van der Waals surface area contributed by atoms with Crippen LogP contribution in [0.3, 0.4) is 0 Å². The molecule has 2 rings (SSSR count). The van der Waals surface area contributed by atoms with Crippen LogP contribution in [0.5, 0.6) is 0 Å². The zero-order valence-corrected chi connectivity index (χ0v) is 12.8. The summed E-state index contributed by atoms with van der Waals surface area (Å²) in [4.78, 5) is 14.2. The number of likely N-dealkylation sites (tertiary alicyclic amines) is 1. The molecule has 0 bridgehead atoms. The molecule has 1 amide bonds. The van der Waals surface area contributed by atoms with Crippen LogP contribution in [-0.2, 0) is 4.79 Å². The molecule has 0 unspecified atom stereocenters. The fraction of sp³-hybridized carbons (Fsp3) is 0.533. The smallest absolute Gasteiger partial charge is 0.238 e. The van der Waals surface area contributed by atoms with E-state index in [0.717, 1.165) is 29.9 Å². The average molecular weight is 283 g/mol. The zero-order valence-electron chi connectivity index (χ0n) is 12.0. The van der Waals surface area contributed by atoms with E-state index in [1.54, 1.807) is 0 Å². The number of aryl methyl sites for hydroxylation is 3. The lowest BCUT2D eigenvalue weighted by atomic mass is 10.1. The van der Waals surface area contributed by atoms with E-state index >= 15 is 0 Å². The summed E-state index contributed by atoms with van der Waals surface area (Å²) in [5.41, 5.74) is 4.50. The summed E-state index contributed by atoms with van der Waals surface area (Å²) in [5, 5.41) is 3.05. The zero-order chi connectivity index (χ0) is 13.1. The van der Waals surface area contributed by atoms with Gasteiger partial charge < -0.3 is 5.32 Å². The number of carbonyl (C=O) groups excluding carboxylic acids is 1. The quantitative estimate of drug-likeness (QED) is 0.924. The van der Waals surface area contributed by atoms with Crippen molar-refractivity contribution in [3.63, 3.8) is 0 Å². The Hall–Kier alpha value is -1.06. The Labute approximate surface area is 121 Å². The summed E-state index contributed by atoms with van der Waals surface area (Å²) in [6.45, 7) is 8.80. The van der Waals surface area contributed by atoms with E-state index in [-0.39, 0.29) is 18.3 Å².